The number of aryl methyl sites for hydroxylation is 2. The summed E-state index contributed by atoms with van der Waals surface area (Å²) in [5, 5.41) is 4.41. The van der Waals surface area contributed by atoms with Gasteiger partial charge in [0.15, 0.2) is 5.13 Å². The maximum Gasteiger partial charge on any atom is 0.267 e. The van der Waals surface area contributed by atoms with E-state index in [4.69, 9.17) is 4.74 Å². The van der Waals surface area contributed by atoms with E-state index in [2.05, 4.69) is 10.3 Å². The van der Waals surface area contributed by atoms with Crippen LogP contribution in [0, 0.1) is 13.8 Å². The first-order valence-electron chi connectivity index (χ1n) is 10.8. The molecule has 9 heteroatoms. The van der Waals surface area contributed by atoms with Gasteiger partial charge in [-0.15, -0.1) is 11.3 Å². The second-order valence-corrected chi connectivity index (χ2v) is 10.6. The molecule has 0 radical (unpaired) electrons. The summed E-state index contributed by atoms with van der Waals surface area (Å²) in [6.45, 7) is 5.71. The summed E-state index contributed by atoms with van der Waals surface area (Å²) in [4.78, 5) is 18.4. The molecular weight excluding hydrogens is 470 g/mol. The van der Waals surface area contributed by atoms with Crippen LogP contribution in [0.5, 0.6) is 5.75 Å². The van der Waals surface area contributed by atoms with Crippen LogP contribution in [-0.4, -0.2) is 32.5 Å². The van der Waals surface area contributed by atoms with Crippen LogP contribution in [0.4, 0.5) is 10.8 Å². The Balaban J connectivity index is 1.69. The number of rotatable bonds is 8. The quantitative estimate of drug-likeness (QED) is 0.365. The van der Waals surface area contributed by atoms with Gasteiger partial charge in [0, 0.05) is 16.0 Å². The van der Waals surface area contributed by atoms with E-state index in [-0.39, 0.29) is 10.0 Å². The summed E-state index contributed by atoms with van der Waals surface area (Å²) in [7, 11) is -4.09. The number of thiazole rings is 1. The van der Waals surface area contributed by atoms with Crippen LogP contribution in [0.25, 0.3) is 10.8 Å². The maximum absolute atomic E-state index is 13.9. The Labute approximate surface area is 203 Å². The number of ether oxygens (including phenoxy) is 1. The van der Waals surface area contributed by atoms with E-state index in [1.54, 1.807) is 48.5 Å². The molecular formula is C25H25N3O4S2. The lowest BCUT2D eigenvalue weighted by Crippen LogP contribution is -2.38. The van der Waals surface area contributed by atoms with E-state index >= 15 is 0 Å². The first-order chi connectivity index (χ1) is 16.3. The van der Waals surface area contributed by atoms with Crippen molar-refractivity contribution in [3.63, 3.8) is 0 Å². The van der Waals surface area contributed by atoms with Crippen LogP contribution >= 0.6 is 11.3 Å². The Morgan fingerprint density at radius 1 is 1.03 bits per heavy atom. The number of amides is 1. The largest absolute Gasteiger partial charge is 0.494 e. The van der Waals surface area contributed by atoms with Gasteiger partial charge >= 0.3 is 0 Å². The van der Waals surface area contributed by atoms with Crippen molar-refractivity contribution < 1.29 is 17.9 Å². The second kappa shape index (κ2) is 9.82. The minimum absolute atomic E-state index is 0.130. The van der Waals surface area contributed by atoms with Crippen molar-refractivity contribution >= 4 is 48.9 Å². The molecule has 176 valence electrons. The van der Waals surface area contributed by atoms with Crippen LogP contribution in [0.1, 0.15) is 17.5 Å². The predicted molar refractivity (Wildman–Crippen MR) is 136 cm³/mol. The van der Waals surface area contributed by atoms with Crippen LogP contribution in [0.15, 0.2) is 71.6 Å². The average Bonchev–Trinajstić information content (AvgIpc) is 3.16. The molecule has 0 aliphatic carbocycles. The van der Waals surface area contributed by atoms with Gasteiger partial charge in [-0.2, -0.15) is 0 Å². The van der Waals surface area contributed by atoms with E-state index in [1.165, 1.54) is 11.3 Å². The molecule has 1 N–H and O–H groups in total. The fourth-order valence-electron chi connectivity index (χ4n) is 3.49. The van der Waals surface area contributed by atoms with Crippen LogP contribution in [-0.2, 0) is 14.8 Å². The van der Waals surface area contributed by atoms with Crippen molar-refractivity contribution in [2.24, 2.45) is 0 Å². The lowest BCUT2D eigenvalue weighted by atomic mass is 10.1. The fraction of sp³-hybridized carbons (Fsp3) is 0.200. The van der Waals surface area contributed by atoms with Gasteiger partial charge in [0.2, 0.25) is 5.91 Å². The third-order valence-electron chi connectivity index (χ3n) is 5.28. The molecule has 0 saturated heterocycles. The number of carbonyl (C=O) groups excluding carboxylic acids is 1. The van der Waals surface area contributed by atoms with Crippen LogP contribution in [0.3, 0.4) is 0 Å². The Morgan fingerprint density at radius 2 is 1.74 bits per heavy atom. The molecule has 0 bridgehead atoms. The van der Waals surface area contributed by atoms with Crippen molar-refractivity contribution in [1.29, 1.82) is 0 Å². The maximum atomic E-state index is 13.9. The lowest BCUT2D eigenvalue weighted by molar-refractivity contribution is -0.114. The zero-order valence-corrected chi connectivity index (χ0v) is 20.7. The number of nitrogens with zero attached hydrogens (tertiary/aromatic N) is 2. The summed E-state index contributed by atoms with van der Waals surface area (Å²) in [5.41, 5.74) is 1.27. The van der Waals surface area contributed by atoms with Crippen molar-refractivity contribution in [2.75, 3.05) is 22.8 Å². The van der Waals surface area contributed by atoms with Gasteiger partial charge in [-0.25, -0.2) is 17.7 Å². The monoisotopic (exact) mass is 495 g/mol. The smallest absolute Gasteiger partial charge is 0.267 e. The average molecular weight is 496 g/mol. The molecule has 0 fully saturated rings. The van der Waals surface area contributed by atoms with Crippen molar-refractivity contribution in [2.45, 2.75) is 25.7 Å². The van der Waals surface area contributed by atoms with Gasteiger partial charge in [0.1, 0.15) is 12.3 Å². The first kappa shape index (κ1) is 23.7. The molecule has 1 heterocycles. The van der Waals surface area contributed by atoms with E-state index in [1.807, 2.05) is 39.0 Å². The Hall–Kier alpha value is -3.43. The highest BCUT2D eigenvalue weighted by molar-refractivity contribution is 7.93. The van der Waals surface area contributed by atoms with Gasteiger partial charge < -0.3 is 10.1 Å². The highest BCUT2D eigenvalue weighted by atomic mass is 32.2. The van der Waals surface area contributed by atoms with Gasteiger partial charge in [0.25, 0.3) is 10.0 Å². The SMILES string of the molecule is CCOc1ccc(NC(=O)CN(c2nc(C)c(C)s2)S(=O)(=O)c2cccc3ccccc23)cc1. The van der Waals surface area contributed by atoms with Crippen molar-refractivity contribution in [3.8, 4) is 5.75 Å². The minimum atomic E-state index is -4.09. The third-order valence-corrected chi connectivity index (χ3v) is 8.29. The zero-order chi connectivity index (χ0) is 24.3. The number of hydrogen-bond acceptors (Lipinski definition) is 6. The van der Waals surface area contributed by atoms with E-state index < -0.39 is 22.5 Å². The number of aromatic nitrogens is 1. The summed E-state index contributed by atoms with van der Waals surface area (Å²) < 4.78 is 34.2. The molecule has 0 spiro atoms. The number of benzene rings is 3. The number of carbonyl (C=O) groups is 1. The lowest BCUT2D eigenvalue weighted by Gasteiger charge is -2.22. The number of hydrogen-bond donors (Lipinski definition) is 1. The Morgan fingerprint density at radius 3 is 2.41 bits per heavy atom. The number of nitrogens with one attached hydrogen (secondary N) is 1. The molecule has 0 saturated carbocycles. The molecule has 34 heavy (non-hydrogen) atoms. The third kappa shape index (κ3) is 4.90. The summed E-state index contributed by atoms with van der Waals surface area (Å²) in [6.07, 6.45) is 0. The predicted octanol–water partition coefficient (Wildman–Crippen LogP) is 5.15. The first-order valence-corrected chi connectivity index (χ1v) is 13.0. The van der Waals surface area contributed by atoms with E-state index in [0.717, 1.165) is 20.3 Å². The standard InChI is InChI=1S/C25H25N3O4S2/c1-4-32-21-14-12-20(13-15-21)27-24(29)16-28(25-26-17(2)18(3)33-25)34(30,31)23-11-7-9-19-8-5-6-10-22(19)23/h5-15H,4,16H2,1-3H3,(H,27,29). The van der Waals surface area contributed by atoms with Gasteiger partial charge in [-0.3, -0.25) is 4.79 Å². The van der Waals surface area contributed by atoms with Crippen LogP contribution < -0.4 is 14.4 Å². The molecule has 0 unspecified atom stereocenters. The molecule has 4 rings (SSSR count). The van der Waals surface area contributed by atoms with Crippen molar-refractivity contribution in [3.05, 3.63) is 77.3 Å². The topological polar surface area (TPSA) is 88.6 Å². The number of sulfonamides is 1. The molecule has 1 amide bonds. The highest BCUT2D eigenvalue weighted by Crippen LogP contribution is 2.32. The van der Waals surface area contributed by atoms with E-state index in [0.29, 0.717) is 23.4 Å². The highest BCUT2D eigenvalue weighted by Gasteiger charge is 2.31. The summed E-state index contributed by atoms with van der Waals surface area (Å²) >= 11 is 1.24. The minimum Gasteiger partial charge on any atom is -0.494 e. The second-order valence-electron chi connectivity index (χ2n) is 7.63. The van der Waals surface area contributed by atoms with Gasteiger partial charge in [0.05, 0.1) is 17.2 Å². The summed E-state index contributed by atoms with van der Waals surface area (Å²) in [6, 6.07) is 19.3. The van der Waals surface area contributed by atoms with Gasteiger partial charge in [-0.05, 0) is 56.5 Å². The summed E-state index contributed by atoms with van der Waals surface area (Å²) in [5.74, 6) is 0.216. The van der Waals surface area contributed by atoms with Crippen molar-refractivity contribution in [1.82, 2.24) is 4.98 Å². The molecule has 3 aromatic carbocycles. The zero-order valence-electron chi connectivity index (χ0n) is 19.1. The van der Waals surface area contributed by atoms with Crippen LogP contribution in [0.2, 0.25) is 0 Å². The molecule has 4 aromatic rings. The normalized spacial score (nSPS) is 11.4. The Bertz CT molecular complexity index is 1410. The van der Waals surface area contributed by atoms with E-state index in [9.17, 15) is 13.2 Å². The molecule has 1 aromatic heterocycles. The number of anilines is 2. The van der Waals surface area contributed by atoms with Gasteiger partial charge in [-0.1, -0.05) is 36.4 Å². The number of fused-ring (bicyclic) bond motifs is 1. The molecule has 7 nitrogen and oxygen atoms in total. The molecule has 0 aliphatic rings. The molecule has 0 aliphatic heterocycles. The molecule has 0 atom stereocenters. The fourth-order valence-corrected chi connectivity index (χ4v) is 6.20. The Kier molecular flexibility index (Phi) is 6.85.